The summed E-state index contributed by atoms with van der Waals surface area (Å²) in [7, 11) is 0. The average Bonchev–Trinajstić information content (AvgIpc) is 2.17. The van der Waals surface area contributed by atoms with E-state index in [1.54, 1.807) is 0 Å². The summed E-state index contributed by atoms with van der Waals surface area (Å²) in [5.74, 6) is -1.03. The number of hydrogen-bond acceptors (Lipinski definition) is 3. The molecule has 0 aromatic carbocycles. The third-order valence-corrected chi connectivity index (χ3v) is 0.797. The molecule has 0 unspecified atom stereocenters. The summed E-state index contributed by atoms with van der Waals surface area (Å²) in [6, 6.07) is 0. The first-order valence-electron chi connectivity index (χ1n) is 2.10. The molecule has 0 saturated carbocycles. The Kier molecular flexibility index (Phi) is 4.50. The van der Waals surface area contributed by atoms with Gasteiger partial charge in [-0.25, -0.2) is 0 Å². The fourth-order valence-corrected chi connectivity index (χ4v) is 0.372. The van der Waals surface area contributed by atoms with E-state index in [2.05, 4.69) is 4.74 Å². The van der Waals surface area contributed by atoms with Crippen molar-refractivity contribution in [1.82, 2.24) is 0 Å². The van der Waals surface area contributed by atoms with Crippen LogP contribution in [-0.2, 0) is 9.53 Å². The molecule has 1 saturated heterocycles. The second kappa shape index (κ2) is 3.97. The number of carboxylic acids is 1. The first kappa shape index (κ1) is 9.07. The standard InChI is InChI=1S/C4H6O3.K/c5-4(6)1-3-2-7-3;/h3H,1-2H2,(H,5,6);/q;+1/p-1/t3-;/m0./s1. The van der Waals surface area contributed by atoms with Crippen LogP contribution in [0.4, 0.5) is 0 Å². The Bertz CT molecular complexity index is 89.3. The summed E-state index contributed by atoms with van der Waals surface area (Å²) in [5, 5.41) is 9.66. The van der Waals surface area contributed by atoms with Crippen LogP contribution in [0.5, 0.6) is 0 Å². The molecule has 3 nitrogen and oxygen atoms in total. The topological polar surface area (TPSA) is 52.7 Å². The Hall–Kier alpha value is 1.07. The molecule has 1 fully saturated rings. The van der Waals surface area contributed by atoms with E-state index < -0.39 is 5.97 Å². The van der Waals surface area contributed by atoms with Crippen molar-refractivity contribution in [3.63, 3.8) is 0 Å². The summed E-state index contributed by atoms with van der Waals surface area (Å²) in [4.78, 5) is 9.66. The Morgan fingerprint density at radius 2 is 2.38 bits per heavy atom. The number of carbonyl (C=O) groups excluding carboxylic acids is 1. The monoisotopic (exact) mass is 140 g/mol. The Balaban J connectivity index is 0.000000490. The summed E-state index contributed by atoms with van der Waals surface area (Å²) in [6.07, 6.45) is 0.0185. The molecular formula is C4H5KO3. The van der Waals surface area contributed by atoms with Gasteiger partial charge in [0.1, 0.15) is 0 Å². The van der Waals surface area contributed by atoms with Crippen molar-refractivity contribution in [3.8, 4) is 0 Å². The zero-order chi connectivity index (χ0) is 5.28. The number of carbonyl (C=O) groups is 1. The second-order valence-electron chi connectivity index (χ2n) is 1.53. The normalized spacial score (nSPS) is 23.8. The third kappa shape index (κ3) is 4.00. The molecule has 1 aliphatic rings. The van der Waals surface area contributed by atoms with Crippen LogP contribution < -0.4 is 56.5 Å². The first-order chi connectivity index (χ1) is 3.29. The number of aliphatic carboxylic acids is 1. The predicted octanol–water partition coefficient (Wildman–Crippen LogP) is -4.47. The van der Waals surface area contributed by atoms with E-state index in [1.165, 1.54) is 0 Å². The number of hydrogen-bond donors (Lipinski definition) is 0. The molecule has 0 amide bonds. The van der Waals surface area contributed by atoms with E-state index in [0.29, 0.717) is 6.61 Å². The van der Waals surface area contributed by atoms with E-state index in [1.807, 2.05) is 0 Å². The van der Waals surface area contributed by atoms with Crippen molar-refractivity contribution in [2.24, 2.45) is 0 Å². The van der Waals surface area contributed by atoms with Gasteiger partial charge in [-0.2, -0.15) is 0 Å². The molecule has 1 rings (SSSR count). The molecule has 4 heteroatoms. The maximum atomic E-state index is 9.66. The Labute approximate surface area is 89.8 Å². The summed E-state index contributed by atoms with van der Waals surface area (Å²) in [5.41, 5.74) is 0. The Morgan fingerprint density at radius 1 is 1.88 bits per heavy atom. The minimum absolute atomic E-state index is 0. The second-order valence-corrected chi connectivity index (χ2v) is 1.53. The minimum Gasteiger partial charge on any atom is -0.550 e. The van der Waals surface area contributed by atoms with Crippen LogP contribution in [0.2, 0.25) is 0 Å². The molecule has 0 aromatic rings. The smallest absolute Gasteiger partial charge is 0.550 e. The summed E-state index contributed by atoms with van der Waals surface area (Å²) < 4.78 is 4.60. The van der Waals surface area contributed by atoms with Crippen LogP contribution in [0.3, 0.4) is 0 Å². The van der Waals surface area contributed by atoms with Crippen molar-refractivity contribution in [2.75, 3.05) is 6.61 Å². The van der Waals surface area contributed by atoms with Crippen molar-refractivity contribution in [1.29, 1.82) is 0 Å². The molecule has 40 valence electrons. The van der Waals surface area contributed by atoms with E-state index >= 15 is 0 Å². The van der Waals surface area contributed by atoms with Gasteiger partial charge in [-0.1, -0.05) is 0 Å². The predicted molar refractivity (Wildman–Crippen MR) is 19.4 cm³/mol. The van der Waals surface area contributed by atoms with Gasteiger partial charge in [0.2, 0.25) is 0 Å². The van der Waals surface area contributed by atoms with Gasteiger partial charge in [0.25, 0.3) is 0 Å². The molecule has 0 aliphatic carbocycles. The minimum atomic E-state index is -1.03. The quantitative estimate of drug-likeness (QED) is 0.287. The van der Waals surface area contributed by atoms with Gasteiger partial charge in [-0.3, -0.25) is 0 Å². The molecule has 0 radical (unpaired) electrons. The molecule has 1 heterocycles. The fourth-order valence-electron chi connectivity index (χ4n) is 0.372. The van der Waals surface area contributed by atoms with Gasteiger partial charge in [0.05, 0.1) is 12.7 Å². The molecule has 0 spiro atoms. The molecule has 1 atom stereocenters. The van der Waals surface area contributed by atoms with Crippen LogP contribution in [0.25, 0.3) is 0 Å². The Morgan fingerprint density at radius 3 is 2.50 bits per heavy atom. The van der Waals surface area contributed by atoms with Crippen molar-refractivity contribution < 1.29 is 66.0 Å². The van der Waals surface area contributed by atoms with Crippen LogP contribution >= 0.6 is 0 Å². The van der Waals surface area contributed by atoms with E-state index in [9.17, 15) is 9.90 Å². The average molecular weight is 140 g/mol. The van der Waals surface area contributed by atoms with Crippen LogP contribution in [0.15, 0.2) is 0 Å². The van der Waals surface area contributed by atoms with Gasteiger partial charge >= 0.3 is 51.4 Å². The largest absolute Gasteiger partial charge is 1.00 e. The molecule has 0 bridgehead atoms. The maximum Gasteiger partial charge on any atom is 1.00 e. The van der Waals surface area contributed by atoms with Gasteiger partial charge in [-0.15, -0.1) is 0 Å². The number of rotatable bonds is 2. The van der Waals surface area contributed by atoms with Crippen molar-refractivity contribution in [3.05, 3.63) is 0 Å². The molecule has 1 aliphatic heterocycles. The van der Waals surface area contributed by atoms with E-state index in [0.717, 1.165) is 0 Å². The third-order valence-electron chi connectivity index (χ3n) is 0.797. The number of carboxylic acid groups (broad SMARTS) is 1. The van der Waals surface area contributed by atoms with Crippen molar-refractivity contribution in [2.45, 2.75) is 12.5 Å². The first-order valence-corrected chi connectivity index (χ1v) is 2.10. The molecule has 0 N–H and O–H groups in total. The van der Waals surface area contributed by atoms with Gasteiger partial charge in [0, 0.05) is 12.4 Å². The molecule has 0 aromatic heterocycles. The fraction of sp³-hybridized carbons (Fsp3) is 0.750. The SMILES string of the molecule is O=C([O-])C[C@H]1CO1.[K+]. The van der Waals surface area contributed by atoms with Gasteiger partial charge in [0.15, 0.2) is 0 Å². The van der Waals surface area contributed by atoms with Crippen LogP contribution in [0.1, 0.15) is 6.42 Å². The maximum absolute atomic E-state index is 9.66. The molecular weight excluding hydrogens is 135 g/mol. The van der Waals surface area contributed by atoms with Crippen molar-refractivity contribution >= 4 is 5.97 Å². The zero-order valence-corrected chi connectivity index (χ0v) is 7.84. The van der Waals surface area contributed by atoms with Crippen LogP contribution in [-0.4, -0.2) is 18.7 Å². The van der Waals surface area contributed by atoms with E-state index in [-0.39, 0.29) is 63.9 Å². The van der Waals surface area contributed by atoms with Gasteiger partial charge in [-0.05, 0) is 0 Å². The summed E-state index contributed by atoms with van der Waals surface area (Å²) in [6.45, 7) is 0.591. The van der Waals surface area contributed by atoms with Gasteiger partial charge < -0.3 is 14.6 Å². The number of epoxide rings is 1. The summed E-state index contributed by atoms with van der Waals surface area (Å²) >= 11 is 0. The number of ether oxygens (including phenoxy) is 1. The van der Waals surface area contributed by atoms with E-state index in [4.69, 9.17) is 0 Å². The molecule has 8 heavy (non-hydrogen) atoms. The van der Waals surface area contributed by atoms with Crippen LogP contribution in [0, 0.1) is 0 Å². The zero-order valence-electron chi connectivity index (χ0n) is 4.72.